The molecule has 106 valence electrons. The van der Waals surface area contributed by atoms with Gasteiger partial charge < -0.3 is 10.2 Å². The average Bonchev–Trinajstić information content (AvgIpc) is 2.38. The summed E-state index contributed by atoms with van der Waals surface area (Å²) in [6.07, 6.45) is 2.20. The standard InChI is InChI=1S/C15H22BrNO2/c1-10-5-14(16)6-13(15(10)19)8-17-7-12(9-18)4-3-11(17)2/h5-6,11-12,18-19H,3-4,7-9H2,1-2H3. The number of aryl methyl sites for hydroxylation is 1. The van der Waals surface area contributed by atoms with Gasteiger partial charge in [-0.25, -0.2) is 0 Å². The van der Waals surface area contributed by atoms with Crippen molar-refractivity contribution in [1.29, 1.82) is 0 Å². The molecular formula is C15H22BrNO2. The van der Waals surface area contributed by atoms with Crippen LogP contribution in [0, 0.1) is 12.8 Å². The number of halogens is 1. The lowest BCUT2D eigenvalue weighted by Crippen LogP contribution is -2.42. The van der Waals surface area contributed by atoms with Gasteiger partial charge in [-0.1, -0.05) is 15.9 Å². The van der Waals surface area contributed by atoms with Crippen LogP contribution in [-0.4, -0.2) is 34.3 Å². The van der Waals surface area contributed by atoms with Crippen LogP contribution in [0.4, 0.5) is 0 Å². The minimum Gasteiger partial charge on any atom is -0.507 e. The van der Waals surface area contributed by atoms with Crippen LogP contribution in [-0.2, 0) is 6.54 Å². The van der Waals surface area contributed by atoms with Gasteiger partial charge in [0.2, 0.25) is 0 Å². The van der Waals surface area contributed by atoms with E-state index in [9.17, 15) is 10.2 Å². The summed E-state index contributed by atoms with van der Waals surface area (Å²) in [5.41, 5.74) is 1.85. The minimum absolute atomic E-state index is 0.257. The Morgan fingerprint density at radius 3 is 2.79 bits per heavy atom. The highest BCUT2D eigenvalue weighted by Crippen LogP contribution is 2.30. The molecule has 0 amide bonds. The summed E-state index contributed by atoms with van der Waals surface area (Å²) in [6.45, 7) is 6.04. The highest BCUT2D eigenvalue weighted by molar-refractivity contribution is 9.10. The van der Waals surface area contributed by atoms with Gasteiger partial charge in [-0.15, -0.1) is 0 Å². The van der Waals surface area contributed by atoms with E-state index >= 15 is 0 Å². The quantitative estimate of drug-likeness (QED) is 0.896. The van der Waals surface area contributed by atoms with Crippen molar-refractivity contribution in [2.75, 3.05) is 13.2 Å². The molecule has 2 N–H and O–H groups in total. The number of aliphatic hydroxyl groups excluding tert-OH is 1. The largest absolute Gasteiger partial charge is 0.507 e. The first kappa shape index (κ1) is 14.8. The molecule has 1 aliphatic rings. The molecule has 4 heteroatoms. The van der Waals surface area contributed by atoms with Gasteiger partial charge in [0.15, 0.2) is 0 Å². The van der Waals surface area contributed by atoms with E-state index in [4.69, 9.17) is 0 Å². The second-order valence-corrected chi connectivity index (χ2v) is 6.55. The molecule has 2 unspecified atom stereocenters. The van der Waals surface area contributed by atoms with E-state index in [-0.39, 0.29) is 6.61 Å². The fourth-order valence-corrected chi connectivity index (χ4v) is 3.40. The van der Waals surface area contributed by atoms with E-state index in [1.165, 1.54) is 0 Å². The maximum Gasteiger partial charge on any atom is 0.123 e. The Labute approximate surface area is 123 Å². The maximum atomic E-state index is 10.2. The van der Waals surface area contributed by atoms with Gasteiger partial charge in [0.05, 0.1) is 0 Å². The SMILES string of the molecule is Cc1cc(Br)cc(CN2CC(CO)CCC2C)c1O. The molecule has 0 radical (unpaired) electrons. The average molecular weight is 328 g/mol. The van der Waals surface area contributed by atoms with Gasteiger partial charge in [0, 0.05) is 35.8 Å². The third kappa shape index (κ3) is 3.50. The Hall–Kier alpha value is -0.580. The van der Waals surface area contributed by atoms with Crippen molar-refractivity contribution >= 4 is 15.9 Å². The number of hydrogen-bond donors (Lipinski definition) is 2. The van der Waals surface area contributed by atoms with Crippen LogP contribution in [0.1, 0.15) is 30.9 Å². The number of benzene rings is 1. The molecule has 0 spiro atoms. The Kier molecular flexibility index (Phi) is 4.87. The normalized spacial score (nSPS) is 24.6. The van der Waals surface area contributed by atoms with Gasteiger partial charge in [-0.2, -0.15) is 0 Å². The summed E-state index contributed by atoms with van der Waals surface area (Å²) >= 11 is 3.48. The summed E-state index contributed by atoms with van der Waals surface area (Å²) in [7, 11) is 0. The van der Waals surface area contributed by atoms with Crippen LogP contribution >= 0.6 is 15.9 Å². The molecule has 0 saturated carbocycles. The van der Waals surface area contributed by atoms with Gasteiger partial charge in [-0.05, 0) is 50.3 Å². The topological polar surface area (TPSA) is 43.7 Å². The number of aliphatic hydroxyl groups is 1. The first-order valence-corrected chi connectivity index (χ1v) is 7.63. The zero-order valence-electron chi connectivity index (χ0n) is 11.6. The minimum atomic E-state index is 0.257. The number of aromatic hydroxyl groups is 1. The number of nitrogens with zero attached hydrogens (tertiary/aromatic N) is 1. The summed E-state index contributed by atoms with van der Waals surface area (Å²) in [5, 5.41) is 19.5. The molecule has 3 nitrogen and oxygen atoms in total. The van der Waals surface area contributed by atoms with Crippen LogP contribution in [0.15, 0.2) is 16.6 Å². The van der Waals surface area contributed by atoms with Crippen molar-refractivity contribution in [3.05, 3.63) is 27.7 Å². The van der Waals surface area contributed by atoms with Crippen molar-refractivity contribution in [1.82, 2.24) is 4.90 Å². The molecule has 1 fully saturated rings. The second-order valence-electron chi connectivity index (χ2n) is 5.63. The summed E-state index contributed by atoms with van der Waals surface area (Å²) in [4.78, 5) is 2.35. The van der Waals surface area contributed by atoms with Crippen molar-refractivity contribution < 1.29 is 10.2 Å². The fraction of sp³-hybridized carbons (Fsp3) is 0.600. The summed E-state index contributed by atoms with van der Waals surface area (Å²) < 4.78 is 1.00. The first-order chi connectivity index (χ1) is 9.01. The van der Waals surface area contributed by atoms with Crippen molar-refractivity contribution in [3.8, 4) is 5.75 Å². The highest BCUT2D eigenvalue weighted by Gasteiger charge is 2.25. The van der Waals surface area contributed by atoms with Crippen LogP contribution in [0.5, 0.6) is 5.75 Å². The van der Waals surface area contributed by atoms with E-state index in [1.807, 2.05) is 19.1 Å². The highest BCUT2D eigenvalue weighted by atomic mass is 79.9. The monoisotopic (exact) mass is 327 g/mol. The molecule has 19 heavy (non-hydrogen) atoms. The number of rotatable bonds is 3. The molecule has 2 atom stereocenters. The third-order valence-corrected chi connectivity index (χ3v) is 4.54. The van der Waals surface area contributed by atoms with Gasteiger partial charge in [0.25, 0.3) is 0 Å². The maximum absolute atomic E-state index is 10.2. The fourth-order valence-electron chi connectivity index (χ4n) is 2.78. The van der Waals surface area contributed by atoms with Gasteiger partial charge >= 0.3 is 0 Å². The van der Waals surface area contributed by atoms with Crippen molar-refractivity contribution in [2.24, 2.45) is 5.92 Å². The Bertz CT molecular complexity index is 450. The predicted molar refractivity (Wildman–Crippen MR) is 80.2 cm³/mol. The molecule has 0 bridgehead atoms. The van der Waals surface area contributed by atoms with Crippen LogP contribution in [0.2, 0.25) is 0 Å². The smallest absolute Gasteiger partial charge is 0.123 e. The lowest BCUT2D eigenvalue weighted by molar-refractivity contribution is 0.0765. The molecule has 1 aromatic rings. The number of likely N-dealkylation sites (tertiary alicyclic amines) is 1. The Balaban J connectivity index is 2.15. The number of phenolic OH excluding ortho intramolecular Hbond substituents is 1. The third-order valence-electron chi connectivity index (χ3n) is 4.08. The molecule has 1 saturated heterocycles. The van der Waals surface area contributed by atoms with Gasteiger partial charge in [-0.3, -0.25) is 4.90 Å². The number of piperidine rings is 1. The van der Waals surface area contributed by atoms with Crippen LogP contribution < -0.4 is 0 Å². The Morgan fingerprint density at radius 2 is 2.11 bits per heavy atom. The molecule has 0 aromatic heterocycles. The lowest BCUT2D eigenvalue weighted by atomic mass is 9.93. The van der Waals surface area contributed by atoms with E-state index in [2.05, 4.69) is 27.8 Å². The van der Waals surface area contributed by atoms with E-state index < -0.39 is 0 Å². The second kappa shape index (κ2) is 6.25. The van der Waals surface area contributed by atoms with Crippen molar-refractivity contribution in [2.45, 2.75) is 39.3 Å². The van der Waals surface area contributed by atoms with E-state index in [0.717, 1.165) is 41.5 Å². The molecule has 1 heterocycles. The molecule has 0 aliphatic carbocycles. The zero-order valence-corrected chi connectivity index (χ0v) is 13.2. The van der Waals surface area contributed by atoms with Crippen LogP contribution in [0.3, 0.4) is 0 Å². The number of hydrogen-bond acceptors (Lipinski definition) is 3. The zero-order chi connectivity index (χ0) is 14.0. The number of phenols is 1. The molecule has 1 aliphatic heterocycles. The summed E-state index contributed by atoms with van der Waals surface area (Å²) in [5.74, 6) is 0.758. The van der Waals surface area contributed by atoms with Gasteiger partial charge in [0.1, 0.15) is 5.75 Å². The molecule has 1 aromatic carbocycles. The van der Waals surface area contributed by atoms with Crippen molar-refractivity contribution in [3.63, 3.8) is 0 Å². The van der Waals surface area contributed by atoms with E-state index in [1.54, 1.807) is 0 Å². The van der Waals surface area contributed by atoms with Crippen LogP contribution in [0.25, 0.3) is 0 Å². The lowest BCUT2D eigenvalue weighted by Gasteiger charge is -2.37. The molecule has 2 rings (SSSR count). The predicted octanol–water partition coefficient (Wildman–Crippen LogP) is 3.06. The van der Waals surface area contributed by atoms with E-state index in [0.29, 0.717) is 17.7 Å². The summed E-state index contributed by atoms with van der Waals surface area (Å²) in [6, 6.07) is 4.41. The Morgan fingerprint density at radius 1 is 1.37 bits per heavy atom. The first-order valence-electron chi connectivity index (χ1n) is 6.84. The molecular weight excluding hydrogens is 306 g/mol.